The van der Waals surface area contributed by atoms with Crippen molar-refractivity contribution in [1.82, 2.24) is 0 Å². The number of thiol groups is 1. The smallest absolute Gasteiger partial charge is 0.329 e. The third kappa shape index (κ3) is 4.87. The molecule has 0 bridgehead atoms. The lowest BCUT2D eigenvalue weighted by Gasteiger charge is -2.10. The molecule has 0 aliphatic rings. The van der Waals surface area contributed by atoms with Crippen LogP contribution in [0.15, 0.2) is 0 Å². The molecule has 0 aliphatic heterocycles. The van der Waals surface area contributed by atoms with Crippen LogP contribution < -0.4 is 5.73 Å². The molecule has 58 valence electrons. The molecule has 1 nitrogen and oxygen atoms in total. The van der Waals surface area contributed by atoms with Gasteiger partial charge in [-0.2, -0.15) is 25.8 Å². The van der Waals surface area contributed by atoms with Gasteiger partial charge in [-0.25, -0.2) is 0 Å². The van der Waals surface area contributed by atoms with Gasteiger partial charge in [0.2, 0.25) is 0 Å². The van der Waals surface area contributed by atoms with E-state index in [0.29, 0.717) is 0 Å². The predicted octanol–water partition coefficient (Wildman–Crippen LogP) is 1.23. The molecule has 0 fully saturated rings. The number of nitrogens with two attached hydrogens (primary N) is 1. The van der Waals surface area contributed by atoms with Gasteiger partial charge in [-0.05, 0) is 0 Å². The van der Waals surface area contributed by atoms with Crippen molar-refractivity contribution >= 4 is 25.0 Å². The number of rotatable bonds is 1. The minimum Gasteiger partial charge on any atom is -0.329 e. The summed E-state index contributed by atoms with van der Waals surface area (Å²) >= 11 is 3.16. The van der Waals surface area contributed by atoms with Crippen molar-refractivity contribution in [3.05, 3.63) is 0 Å². The molecule has 0 aliphatic carbocycles. The Bertz CT molecular complexity index is 75.9. The van der Waals surface area contributed by atoms with Gasteiger partial charge in [0.05, 0.1) is 0 Å². The van der Waals surface area contributed by atoms with E-state index in [1.807, 2.05) is 0 Å². The second-order valence-corrected chi connectivity index (χ2v) is 1.92. The average Bonchev–Trinajstić information content (AvgIpc) is 1.62. The van der Waals surface area contributed by atoms with E-state index in [2.05, 4.69) is 18.4 Å². The summed E-state index contributed by atoms with van der Waals surface area (Å²) in [7, 11) is 0. The maximum atomic E-state index is 11.3. The molecule has 0 spiro atoms. The maximum Gasteiger partial charge on any atom is 0.401 e. The van der Waals surface area contributed by atoms with Gasteiger partial charge in [0.1, 0.15) is 5.25 Å². The molecule has 1 atom stereocenters. The van der Waals surface area contributed by atoms with E-state index in [-0.39, 0.29) is 12.4 Å². The van der Waals surface area contributed by atoms with Crippen LogP contribution in [0.3, 0.4) is 0 Å². The van der Waals surface area contributed by atoms with Crippen molar-refractivity contribution in [3.8, 4) is 0 Å². The molecular weight excluding hydrogens is 175 g/mol. The van der Waals surface area contributed by atoms with E-state index in [0.717, 1.165) is 0 Å². The average molecular weight is 182 g/mol. The van der Waals surface area contributed by atoms with Crippen molar-refractivity contribution in [3.63, 3.8) is 0 Å². The largest absolute Gasteiger partial charge is 0.401 e. The minimum absolute atomic E-state index is 0. The molecule has 0 heterocycles. The summed E-state index contributed by atoms with van der Waals surface area (Å²) in [6.45, 7) is -0.466. The van der Waals surface area contributed by atoms with Gasteiger partial charge >= 0.3 is 6.18 Å². The van der Waals surface area contributed by atoms with Gasteiger partial charge < -0.3 is 5.73 Å². The van der Waals surface area contributed by atoms with Crippen molar-refractivity contribution in [1.29, 1.82) is 0 Å². The molecule has 6 heteroatoms. The van der Waals surface area contributed by atoms with Gasteiger partial charge in [0.25, 0.3) is 0 Å². The first kappa shape index (κ1) is 12.1. The molecule has 9 heavy (non-hydrogen) atoms. The Labute approximate surface area is 62.6 Å². The van der Waals surface area contributed by atoms with Crippen molar-refractivity contribution < 1.29 is 13.2 Å². The summed E-state index contributed by atoms with van der Waals surface area (Å²) in [5.74, 6) is 0. The van der Waals surface area contributed by atoms with Crippen molar-refractivity contribution in [2.75, 3.05) is 6.54 Å². The van der Waals surface area contributed by atoms with E-state index in [1.54, 1.807) is 0 Å². The van der Waals surface area contributed by atoms with Crippen LogP contribution in [0, 0.1) is 0 Å². The minimum atomic E-state index is -4.25. The van der Waals surface area contributed by atoms with Crippen LogP contribution in [0.5, 0.6) is 0 Å². The normalized spacial score (nSPS) is 14.3. The van der Waals surface area contributed by atoms with Crippen LogP contribution in [-0.4, -0.2) is 18.0 Å². The Balaban J connectivity index is 0. The SMILES string of the molecule is Cl.NCC(S)C(F)(F)F. The summed E-state index contributed by atoms with van der Waals surface area (Å²) in [6.07, 6.45) is -4.25. The third-order valence-corrected chi connectivity index (χ3v) is 1.10. The summed E-state index contributed by atoms with van der Waals surface area (Å²) in [6, 6.07) is 0. The zero-order chi connectivity index (χ0) is 6.78. The first-order valence-electron chi connectivity index (χ1n) is 1.93. The first-order chi connectivity index (χ1) is 3.48. The van der Waals surface area contributed by atoms with E-state index < -0.39 is 18.0 Å². The number of alkyl halides is 3. The fourth-order valence-corrected chi connectivity index (χ4v) is 0.134. The lowest BCUT2D eigenvalue weighted by Crippen LogP contribution is -2.30. The first-order valence-corrected chi connectivity index (χ1v) is 2.45. The fourth-order valence-electron chi connectivity index (χ4n) is 0.134. The molecule has 2 N–H and O–H groups in total. The Morgan fingerprint density at radius 3 is 1.78 bits per heavy atom. The lowest BCUT2D eigenvalue weighted by molar-refractivity contribution is -0.126. The highest BCUT2D eigenvalue weighted by Gasteiger charge is 2.35. The fraction of sp³-hybridized carbons (Fsp3) is 1.00. The summed E-state index contributed by atoms with van der Waals surface area (Å²) in [4.78, 5) is 0. The van der Waals surface area contributed by atoms with Crippen molar-refractivity contribution in [2.24, 2.45) is 5.73 Å². The summed E-state index contributed by atoms with van der Waals surface area (Å²) in [5, 5.41) is -1.68. The monoisotopic (exact) mass is 181 g/mol. The van der Waals surface area contributed by atoms with E-state index in [1.165, 1.54) is 0 Å². The predicted molar refractivity (Wildman–Crippen MR) is 35.1 cm³/mol. The Morgan fingerprint density at radius 1 is 1.44 bits per heavy atom. The van der Waals surface area contributed by atoms with Gasteiger partial charge in [-0.1, -0.05) is 0 Å². The van der Waals surface area contributed by atoms with Gasteiger partial charge in [0, 0.05) is 6.54 Å². The summed E-state index contributed by atoms with van der Waals surface area (Å²) < 4.78 is 33.9. The Kier molecular flexibility index (Phi) is 5.71. The lowest BCUT2D eigenvalue weighted by atomic mass is 10.4. The number of hydrogen-bond donors (Lipinski definition) is 2. The second-order valence-electron chi connectivity index (χ2n) is 1.29. The summed E-state index contributed by atoms with van der Waals surface area (Å²) in [5.41, 5.74) is 4.66. The second kappa shape index (κ2) is 4.24. The molecule has 0 aromatic heterocycles. The highest BCUT2D eigenvalue weighted by Crippen LogP contribution is 2.22. The molecule has 1 unspecified atom stereocenters. The molecule has 0 radical (unpaired) electrons. The van der Waals surface area contributed by atoms with Crippen molar-refractivity contribution in [2.45, 2.75) is 11.4 Å². The Hall–Kier alpha value is 0.390. The van der Waals surface area contributed by atoms with E-state index in [9.17, 15) is 13.2 Å². The molecular formula is C3H7ClF3NS. The van der Waals surface area contributed by atoms with Crippen LogP contribution in [0.4, 0.5) is 13.2 Å². The zero-order valence-electron chi connectivity index (χ0n) is 4.35. The molecule has 0 aromatic carbocycles. The Morgan fingerprint density at radius 2 is 1.78 bits per heavy atom. The number of hydrogen-bond acceptors (Lipinski definition) is 2. The van der Waals surface area contributed by atoms with Crippen LogP contribution >= 0.6 is 25.0 Å². The third-order valence-electron chi connectivity index (χ3n) is 0.601. The van der Waals surface area contributed by atoms with Gasteiger partial charge in [0.15, 0.2) is 0 Å². The molecule has 0 saturated carbocycles. The zero-order valence-corrected chi connectivity index (χ0v) is 6.06. The van der Waals surface area contributed by atoms with E-state index in [4.69, 9.17) is 0 Å². The standard InChI is InChI=1S/C3H6F3NS.ClH/c4-3(5,6)2(8)1-7;/h2,8H,1,7H2;1H. The van der Waals surface area contributed by atoms with Crippen LogP contribution in [0.25, 0.3) is 0 Å². The van der Waals surface area contributed by atoms with Crippen LogP contribution in [-0.2, 0) is 0 Å². The molecule has 0 rings (SSSR count). The van der Waals surface area contributed by atoms with Crippen LogP contribution in [0.2, 0.25) is 0 Å². The quantitative estimate of drug-likeness (QED) is 0.585. The van der Waals surface area contributed by atoms with E-state index >= 15 is 0 Å². The molecule has 0 aromatic rings. The number of halogens is 4. The van der Waals surface area contributed by atoms with Crippen LogP contribution in [0.1, 0.15) is 0 Å². The topological polar surface area (TPSA) is 26.0 Å². The highest BCUT2D eigenvalue weighted by atomic mass is 35.5. The molecule has 0 saturated heterocycles. The highest BCUT2D eigenvalue weighted by molar-refractivity contribution is 7.81. The van der Waals surface area contributed by atoms with Gasteiger partial charge in [-0.15, -0.1) is 12.4 Å². The molecule has 0 amide bonds. The van der Waals surface area contributed by atoms with Gasteiger partial charge in [-0.3, -0.25) is 0 Å². The maximum absolute atomic E-state index is 11.3.